The van der Waals surface area contributed by atoms with Gasteiger partial charge in [-0.05, 0) is 0 Å². The Kier molecular flexibility index (Phi) is 4.90. The van der Waals surface area contributed by atoms with Gasteiger partial charge in [-0.3, -0.25) is 4.79 Å². The first-order valence-corrected chi connectivity index (χ1v) is 8.96. The average molecular weight is 319 g/mol. The molecule has 4 nitrogen and oxygen atoms in total. The Balaban J connectivity index is 1.58. The van der Waals surface area contributed by atoms with Crippen LogP contribution in [0.5, 0.6) is 0 Å². The molecule has 0 bridgehead atoms. The molecule has 6 heteroatoms. The van der Waals surface area contributed by atoms with Crippen LogP contribution in [0.2, 0.25) is 0 Å². The first-order chi connectivity index (χ1) is 10.3. The van der Waals surface area contributed by atoms with Gasteiger partial charge in [0.05, 0.1) is 5.69 Å². The molecule has 1 aliphatic heterocycles. The van der Waals surface area contributed by atoms with E-state index in [-0.39, 0.29) is 11.9 Å². The number of rotatable bonds is 4. The zero-order valence-electron chi connectivity index (χ0n) is 11.5. The van der Waals surface area contributed by atoms with Crippen molar-refractivity contribution in [1.82, 2.24) is 10.3 Å². The minimum atomic E-state index is 0.0314. The fraction of sp³-hybridized carbons (Fsp3) is 0.333. The Morgan fingerprint density at radius 2 is 2.24 bits per heavy atom. The van der Waals surface area contributed by atoms with Crippen LogP contribution in [0.4, 0.5) is 5.13 Å². The summed E-state index contributed by atoms with van der Waals surface area (Å²) in [7, 11) is 0. The van der Waals surface area contributed by atoms with E-state index in [2.05, 4.69) is 15.6 Å². The lowest BCUT2D eigenvalue weighted by Crippen LogP contribution is -2.39. The van der Waals surface area contributed by atoms with Crippen molar-refractivity contribution in [3.8, 4) is 11.3 Å². The second-order valence-electron chi connectivity index (χ2n) is 4.88. The van der Waals surface area contributed by atoms with E-state index in [0.717, 1.165) is 29.3 Å². The summed E-state index contributed by atoms with van der Waals surface area (Å²) < 4.78 is 0. The standard InChI is InChI=1S/C15H17N3OS2/c19-14(8-12-9-20-7-6-16-12)18-15-17-13(10-21-15)11-4-2-1-3-5-11/h1-5,10,12,16H,6-9H2,(H,17,18,19). The SMILES string of the molecule is O=C(CC1CSCCN1)Nc1nc(-c2ccccc2)cs1. The third kappa shape index (κ3) is 4.06. The van der Waals surface area contributed by atoms with E-state index in [0.29, 0.717) is 11.6 Å². The lowest BCUT2D eigenvalue weighted by atomic mass is 10.2. The largest absolute Gasteiger partial charge is 0.312 e. The van der Waals surface area contributed by atoms with Crippen molar-refractivity contribution < 1.29 is 4.79 Å². The monoisotopic (exact) mass is 319 g/mol. The Morgan fingerprint density at radius 1 is 1.38 bits per heavy atom. The van der Waals surface area contributed by atoms with Crippen LogP contribution < -0.4 is 10.6 Å². The second-order valence-corrected chi connectivity index (χ2v) is 6.89. The maximum Gasteiger partial charge on any atom is 0.227 e. The van der Waals surface area contributed by atoms with E-state index in [1.807, 2.05) is 47.5 Å². The van der Waals surface area contributed by atoms with Crippen LogP contribution in [0.25, 0.3) is 11.3 Å². The van der Waals surface area contributed by atoms with Gasteiger partial charge in [0.15, 0.2) is 5.13 Å². The Hall–Kier alpha value is -1.37. The quantitative estimate of drug-likeness (QED) is 0.910. The number of nitrogens with zero attached hydrogens (tertiary/aromatic N) is 1. The van der Waals surface area contributed by atoms with Crippen molar-refractivity contribution in [1.29, 1.82) is 0 Å². The molecule has 1 fully saturated rings. The van der Waals surface area contributed by atoms with Gasteiger partial charge in [0, 0.05) is 41.5 Å². The van der Waals surface area contributed by atoms with Crippen LogP contribution in [0.3, 0.4) is 0 Å². The molecule has 1 aromatic carbocycles. The minimum Gasteiger partial charge on any atom is -0.312 e. The molecule has 0 saturated carbocycles. The zero-order valence-corrected chi connectivity index (χ0v) is 13.2. The van der Waals surface area contributed by atoms with Crippen LogP contribution in [0, 0.1) is 0 Å². The smallest absolute Gasteiger partial charge is 0.227 e. The van der Waals surface area contributed by atoms with Crippen LogP contribution in [0.1, 0.15) is 6.42 Å². The summed E-state index contributed by atoms with van der Waals surface area (Å²) in [4.78, 5) is 16.5. The molecule has 1 atom stereocenters. The molecular weight excluding hydrogens is 302 g/mol. The normalized spacial score (nSPS) is 18.4. The van der Waals surface area contributed by atoms with E-state index in [1.54, 1.807) is 0 Å². The molecule has 0 spiro atoms. The highest BCUT2D eigenvalue weighted by Crippen LogP contribution is 2.24. The van der Waals surface area contributed by atoms with Crippen molar-refractivity contribution >= 4 is 34.1 Å². The van der Waals surface area contributed by atoms with Gasteiger partial charge in [-0.2, -0.15) is 11.8 Å². The number of hydrogen-bond acceptors (Lipinski definition) is 5. The van der Waals surface area contributed by atoms with Gasteiger partial charge in [-0.1, -0.05) is 30.3 Å². The van der Waals surface area contributed by atoms with Crippen LogP contribution in [-0.4, -0.2) is 35.0 Å². The Bertz CT molecular complexity index is 594. The number of anilines is 1. The van der Waals surface area contributed by atoms with Crippen molar-refractivity contribution in [2.24, 2.45) is 0 Å². The predicted molar refractivity (Wildman–Crippen MR) is 89.9 cm³/mol. The molecule has 2 heterocycles. The number of thioether (sulfide) groups is 1. The summed E-state index contributed by atoms with van der Waals surface area (Å²) in [5, 5.41) is 8.91. The Labute approximate surface area is 132 Å². The van der Waals surface area contributed by atoms with E-state index < -0.39 is 0 Å². The summed E-state index contributed by atoms with van der Waals surface area (Å²) in [6.07, 6.45) is 0.507. The Morgan fingerprint density at radius 3 is 3.00 bits per heavy atom. The third-order valence-corrected chi connectivity index (χ3v) is 5.14. The van der Waals surface area contributed by atoms with Gasteiger partial charge >= 0.3 is 0 Å². The molecule has 1 aliphatic rings. The summed E-state index contributed by atoms with van der Waals surface area (Å²) in [5.41, 5.74) is 1.97. The number of aromatic nitrogens is 1. The fourth-order valence-electron chi connectivity index (χ4n) is 2.22. The molecule has 1 amide bonds. The van der Waals surface area contributed by atoms with Crippen molar-refractivity contribution in [2.45, 2.75) is 12.5 Å². The topological polar surface area (TPSA) is 54.0 Å². The molecular formula is C15H17N3OS2. The fourth-order valence-corrected chi connectivity index (χ4v) is 3.90. The minimum absolute atomic E-state index is 0.0314. The number of nitrogens with one attached hydrogen (secondary N) is 2. The highest BCUT2D eigenvalue weighted by atomic mass is 32.2. The van der Waals surface area contributed by atoms with Gasteiger partial charge in [0.25, 0.3) is 0 Å². The molecule has 0 aliphatic carbocycles. The summed E-state index contributed by atoms with van der Waals surface area (Å²) in [6.45, 7) is 0.984. The first-order valence-electron chi connectivity index (χ1n) is 6.93. The molecule has 3 rings (SSSR count). The van der Waals surface area contributed by atoms with Gasteiger partial charge in [-0.25, -0.2) is 4.98 Å². The summed E-state index contributed by atoms with van der Waals surface area (Å²) >= 11 is 3.36. The number of hydrogen-bond donors (Lipinski definition) is 2. The second kappa shape index (κ2) is 7.06. The molecule has 1 aromatic heterocycles. The zero-order chi connectivity index (χ0) is 14.5. The van der Waals surface area contributed by atoms with Gasteiger partial charge in [0.2, 0.25) is 5.91 Å². The van der Waals surface area contributed by atoms with Crippen LogP contribution >= 0.6 is 23.1 Å². The van der Waals surface area contributed by atoms with Gasteiger partial charge in [-0.15, -0.1) is 11.3 Å². The van der Waals surface area contributed by atoms with E-state index >= 15 is 0 Å². The van der Waals surface area contributed by atoms with Gasteiger partial charge < -0.3 is 10.6 Å². The number of benzene rings is 1. The molecule has 1 saturated heterocycles. The number of thiazole rings is 1. The number of amides is 1. The molecule has 1 unspecified atom stereocenters. The van der Waals surface area contributed by atoms with Crippen molar-refractivity contribution in [3.05, 3.63) is 35.7 Å². The first kappa shape index (κ1) is 14.6. The third-order valence-electron chi connectivity index (χ3n) is 3.25. The van der Waals surface area contributed by atoms with Crippen molar-refractivity contribution in [3.63, 3.8) is 0 Å². The van der Waals surface area contributed by atoms with Crippen LogP contribution in [0.15, 0.2) is 35.7 Å². The lowest BCUT2D eigenvalue weighted by molar-refractivity contribution is -0.116. The predicted octanol–water partition coefficient (Wildman–Crippen LogP) is 2.84. The maximum atomic E-state index is 12.0. The number of carbonyl (C=O) groups is 1. The highest BCUT2D eigenvalue weighted by Gasteiger charge is 2.17. The van der Waals surface area contributed by atoms with Crippen LogP contribution in [-0.2, 0) is 4.79 Å². The van der Waals surface area contributed by atoms with E-state index in [1.165, 1.54) is 11.3 Å². The highest BCUT2D eigenvalue weighted by molar-refractivity contribution is 7.99. The lowest BCUT2D eigenvalue weighted by Gasteiger charge is -2.22. The average Bonchev–Trinajstić information content (AvgIpc) is 2.97. The molecule has 110 valence electrons. The maximum absolute atomic E-state index is 12.0. The summed E-state index contributed by atoms with van der Waals surface area (Å²) in [5.74, 6) is 2.16. The molecule has 21 heavy (non-hydrogen) atoms. The molecule has 2 aromatic rings. The van der Waals surface area contributed by atoms with E-state index in [9.17, 15) is 4.79 Å². The molecule has 0 radical (unpaired) electrons. The van der Waals surface area contributed by atoms with Gasteiger partial charge in [0.1, 0.15) is 0 Å². The number of carbonyl (C=O) groups excluding carboxylic acids is 1. The molecule has 2 N–H and O–H groups in total. The summed E-state index contributed by atoms with van der Waals surface area (Å²) in [6, 6.07) is 10.3. The van der Waals surface area contributed by atoms with E-state index in [4.69, 9.17) is 0 Å². The van der Waals surface area contributed by atoms with Crippen molar-refractivity contribution in [2.75, 3.05) is 23.4 Å².